The van der Waals surface area contributed by atoms with Crippen LogP contribution in [0.1, 0.15) is 0 Å². The summed E-state index contributed by atoms with van der Waals surface area (Å²) in [7, 11) is -1.68. The molecule has 6 aromatic rings. The van der Waals surface area contributed by atoms with E-state index < -0.39 is 7.80 Å². The molecule has 0 fully saturated rings. The maximum Gasteiger partial charge on any atom is 0.415 e. The van der Waals surface area contributed by atoms with E-state index in [-0.39, 0.29) is 0 Å². The van der Waals surface area contributed by atoms with Gasteiger partial charge in [-0.3, -0.25) is 0 Å². The molecule has 0 spiro atoms. The Kier molecular flexibility index (Phi) is 6.97. The lowest BCUT2D eigenvalue weighted by atomic mass is 10.00. The first-order valence-electron chi connectivity index (χ1n) is 13.1. The number of hydrogen-bond acceptors (Lipinski definition) is 3. The number of benzene rings is 6. The summed E-state index contributed by atoms with van der Waals surface area (Å²) in [6, 6.07) is 48.6. The number of rotatable bonds is 6. The Morgan fingerprint density at radius 1 is 0.350 bits per heavy atom. The van der Waals surface area contributed by atoms with Crippen LogP contribution in [0.5, 0.6) is 0 Å². The quantitative estimate of drug-likeness (QED) is 0.166. The molecule has 0 bridgehead atoms. The smallest absolute Gasteiger partial charge is 0.399 e. The molecular formula is C36H28N2OP+. The fraction of sp³-hybridized carbons (Fsp3) is 0. The van der Waals surface area contributed by atoms with Crippen molar-refractivity contribution in [3.8, 4) is 44.5 Å². The van der Waals surface area contributed by atoms with E-state index in [0.29, 0.717) is 0 Å². The van der Waals surface area contributed by atoms with Gasteiger partial charge >= 0.3 is 7.80 Å². The lowest BCUT2D eigenvalue weighted by molar-refractivity contribution is 0.598. The number of anilines is 2. The predicted molar refractivity (Wildman–Crippen MR) is 170 cm³/mol. The van der Waals surface area contributed by atoms with Crippen LogP contribution in [0.4, 0.5) is 11.4 Å². The summed E-state index contributed by atoms with van der Waals surface area (Å²) in [5.41, 5.74) is 22.2. The molecule has 0 aliphatic rings. The van der Waals surface area contributed by atoms with Crippen molar-refractivity contribution >= 4 is 29.8 Å². The Morgan fingerprint density at radius 2 is 0.625 bits per heavy atom. The molecule has 4 heteroatoms. The topological polar surface area (TPSA) is 69.1 Å². The van der Waals surface area contributed by atoms with Crippen molar-refractivity contribution < 1.29 is 4.57 Å². The van der Waals surface area contributed by atoms with Crippen LogP contribution in [0.3, 0.4) is 0 Å². The molecule has 0 saturated heterocycles. The van der Waals surface area contributed by atoms with Crippen LogP contribution >= 0.6 is 7.80 Å². The summed E-state index contributed by atoms with van der Waals surface area (Å²) < 4.78 is 13.3. The Morgan fingerprint density at radius 3 is 0.925 bits per heavy atom. The first-order valence-corrected chi connectivity index (χ1v) is 14.4. The molecule has 0 unspecified atom stereocenters. The summed E-state index contributed by atoms with van der Waals surface area (Å²) >= 11 is 0. The van der Waals surface area contributed by atoms with E-state index in [2.05, 4.69) is 60.7 Å². The second-order valence-electron chi connectivity index (χ2n) is 9.79. The maximum absolute atomic E-state index is 13.3. The van der Waals surface area contributed by atoms with Gasteiger partial charge < -0.3 is 11.5 Å². The zero-order valence-corrected chi connectivity index (χ0v) is 22.8. The highest BCUT2D eigenvalue weighted by Crippen LogP contribution is 2.29. The molecule has 0 saturated carbocycles. The molecule has 4 N–H and O–H groups in total. The van der Waals surface area contributed by atoms with Gasteiger partial charge in [-0.05, 0) is 117 Å². The molecular weight excluding hydrogens is 507 g/mol. The maximum atomic E-state index is 13.3. The Labute approximate surface area is 235 Å². The van der Waals surface area contributed by atoms with Crippen molar-refractivity contribution in [1.29, 1.82) is 0 Å². The van der Waals surface area contributed by atoms with Crippen LogP contribution in [0, 0.1) is 0 Å². The highest BCUT2D eigenvalue weighted by Gasteiger charge is 2.23. The molecule has 0 radical (unpaired) electrons. The van der Waals surface area contributed by atoms with E-state index in [4.69, 9.17) is 11.5 Å². The van der Waals surface area contributed by atoms with Gasteiger partial charge in [-0.25, -0.2) is 0 Å². The molecule has 0 aliphatic carbocycles. The zero-order chi connectivity index (χ0) is 27.5. The Hall–Kier alpha value is -4.98. The van der Waals surface area contributed by atoms with Gasteiger partial charge in [-0.15, -0.1) is 0 Å². The third kappa shape index (κ3) is 5.42. The van der Waals surface area contributed by atoms with Gasteiger partial charge in [0.2, 0.25) is 0 Å². The molecule has 0 atom stereocenters. The van der Waals surface area contributed by atoms with Crippen LogP contribution < -0.4 is 22.1 Å². The van der Waals surface area contributed by atoms with Gasteiger partial charge in [-0.1, -0.05) is 77.4 Å². The van der Waals surface area contributed by atoms with E-state index in [1.54, 1.807) is 0 Å². The zero-order valence-electron chi connectivity index (χ0n) is 21.9. The van der Waals surface area contributed by atoms with E-state index >= 15 is 0 Å². The fourth-order valence-electron chi connectivity index (χ4n) is 4.87. The predicted octanol–water partition coefficient (Wildman–Crippen LogP) is 8.30. The van der Waals surface area contributed by atoms with Crippen LogP contribution in [0.25, 0.3) is 44.5 Å². The molecule has 0 amide bonds. The van der Waals surface area contributed by atoms with E-state index in [0.717, 1.165) is 66.5 Å². The molecule has 0 aromatic heterocycles. The summed E-state index contributed by atoms with van der Waals surface area (Å²) in [6.45, 7) is 0. The highest BCUT2D eigenvalue weighted by molar-refractivity contribution is 7.61. The van der Waals surface area contributed by atoms with Crippen LogP contribution in [0.15, 0.2) is 146 Å². The highest BCUT2D eigenvalue weighted by atomic mass is 31.1. The number of hydrogen-bond donors (Lipinski definition) is 2. The monoisotopic (exact) mass is 535 g/mol. The summed E-state index contributed by atoms with van der Waals surface area (Å²) in [5, 5.41) is 1.63. The number of nitrogens with two attached hydrogens (primary N) is 2. The summed E-state index contributed by atoms with van der Waals surface area (Å²) in [4.78, 5) is 0. The minimum Gasteiger partial charge on any atom is -0.399 e. The van der Waals surface area contributed by atoms with Crippen LogP contribution in [-0.2, 0) is 4.57 Å². The van der Waals surface area contributed by atoms with Gasteiger partial charge in [0, 0.05) is 11.4 Å². The first kappa shape index (κ1) is 25.3. The molecule has 40 heavy (non-hydrogen) atoms. The van der Waals surface area contributed by atoms with Gasteiger partial charge in [0.15, 0.2) is 10.6 Å². The van der Waals surface area contributed by atoms with E-state index in [9.17, 15) is 4.57 Å². The van der Waals surface area contributed by atoms with Gasteiger partial charge in [0.25, 0.3) is 0 Å². The third-order valence-corrected chi connectivity index (χ3v) is 8.61. The van der Waals surface area contributed by atoms with Crippen molar-refractivity contribution in [2.45, 2.75) is 0 Å². The summed E-state index contributed by atoms with van der Waals surface area (Å²) in [5.74, 6) is 0. The third-order valence-electron chi connectivity index (χ3n) is 7.08. The molecule has 0 heterocycles. The standard InChI is InChI=1S/C36H28N2OP/c37-33-5-1-3-31(23-33)29-11-7-25(8-12-29)27-15-19-35(20-16-27)40(39)36-21-17-28(18-22-36)26-9-13-30(14-10-26)32-4-2-6-34(38)24-32/h1-24H,37-38H2/q+1. The van der Waals surface area contributed by atoms with Crippen molar-refractivity contribution in [2.24, 2.45) is 0 Å². The summed E-state index contributed by atoms with van der Waals surface area (Å²) in [6.07, 6.45) is 0. The fourth-order valence-corrected chi connectivity index (χ4v) is 6.01. The van der Waals surface area contributed by atoms with Crippen LogP contribution in [-0.4, -0.2) is 0 Å². The van der Waals surface area contributed by atoms with Crippen LogP contribution in [0.2, 0.25) is 0 Å². The average Bonchev–Trinajstić information content (AvgIpc) is 3.01. The molecule has 192 valence electrons. The van der Waals surface area contributed by atoms with Crippen molar-refractivity contribution in [3.05, 3.63) is 146 Å². The normalized spacial score (nSPS) is 10.8. The van der Waals surface area contributed by atoms with E-state index in [1.165, 1.54) is 0 Å². The van der Waals surface area contributed by atoms with E-state index in [1.807, 2.05) is 84.9 Å². The lowest BCUT2D eigenvalue weighted by Crippen LogP contribution is -2.06. The second-order valence-corrected chi connectivity index (χ2v) is 11.4. The first-order chi connectivity index (χ1) is 19.5. The largest absolute Gasteiger partial charge is 0.415 e. The van der Waals surface area contributed by atoms with Crippen molar-refractivity contribution in [2.75, 3.05) is 11.5 Å². The Bertz CT molecular complexity index is 1660. The SMILES string of the molecule is Nc1cccc(-c2ccc(-c3ccc([P+](=O)c4ccc(-c5ccc(-c6cccc(N)c6)cc5)cc4)cc3)cc2)c1. The minimum absolute atomic E-state index is 0.754. The Balaban J connectivity index is 1.15. The lowest BCUT2D eigenvalue weighted by Gasteiger charge is -2.06. The van der Waals surface area contributed by atoms with Gasteiger partial charge in [0.05, 0.1) is 0 Å². The molecule has 3 nitrogen and oxygen atoms in total. The second kappa shape index (κ2) is 11.0. The van der Waals surface area contributed by atoms with Gasteiger partial charge in [0.1, 0.15) is 0 Å². The van der Waals surface area contributed by atoms with Gasteiger partial charge in [-0.2, -0.15) is 0 Å². The van der Waals surface area contributed by atoms with Crippen molar-refractivity contribution in [1.82, 2.24) is 0 Å². The molecule has 6 aromatic carbocycles. The molecule has 0 aliphatic heterocycles. The van der Waals surface area contributed by atoms with Crippen molar-refractivity contribution in [3.63, 3.8) is 0 Å². The molecule has 6 rings (SSSR count). The average molecular weight is 536 g/mol. The minimum atomic E-state index is -1.68. The number of nitrogen functional groups attached to an aromatic ring is 2.